The summed E-state index contributed by atoms with van der Waals surface area (Å²) in [6, 6.07) is 6.93. The molecule has 0 radical (unpaired) electrons. The summed E-state index contributed by atoms with van der Waals surface area (Å²) in [5.41, 5.74) is 0.110. The molecule has 36 heavy (non-hydrogen) atoms. The first kappa shape index (κ1) is 25.3. The second kappa shape index (κ2) is 8.99. The molecule has 0 atom stereocenters. The molecule has 4 rings (SSSR count). The van der Waals surface area contributed by atoms with Crippen LogP contribution in [0.3, 0.4) is 0 Å². The molecule has 1 N–H and O–H groups in total. The number of sulfonamides is 1. The molecule has 0 saturated carbocycles. The lowest BCUT2D eigenvalue weighted by Crippen LogP contribution is -2.40. The Hall–Kier alpha value is -3.83. The van der Waals surface area contributed by atoms with Gasteiger partial charge in [0.05, 0.1) is 28.0 Å². The van der Waals surface area contributed by atoms with Crippen molar-refractivity contribution in [1.29, 1.82) is 0 Å². The maximum Gasteiger partial charge on any atom is 0.242 e. The summed E-state index contributed by atoms with van der Waals surface area (Å²) in [7, 11) is -3.85. The minimum absolute atomic E-state index is 0.0610. The van der Waals surface area contributed by atoms with Crippen molar-refractivity contribution in [2.75, 3.05) is 0 Å². The van der Waals surface area contributed by atoms with Gasteiger partial charge < -0.3 is 0 Å². The number of fused-ring (bicyclic) bond motifs is 1. The van der Waals surface area contributed by atoms with Crippen LogP contribution < -0.4 is 4.72 Å². The summed E-state index contributed by atoms with van der Waals surface area (Å²) in [6.07, 6.45) is 4.19. The Morgan fingerprint density at radius 3 is 2.19 bits per heavy atom. The standard InChI is InChI=1S/C25H24FN5O4S/c1-14(32)17-12-21-18(11-19(17)26)22(15(2)33)23(31(21)24-27-9-6-10-28-24)20-8-7-16(13-29-20)36(34,35)30-25(3,4)5/h6-13,30H,1-5H3. The Balaban J connectivity index is 2.04. The topological polar surface area (TPSA) is 124 Å². The van der Waals surface area contributed by atoms with Crippen molar-refractivity contribution in [3.05, 3.63) is 65.9 Å². The Kier molecular flexibility index (Phi) is 6.31. The number of rotatable bonds is 6. The molecule has 0 bridgehead atoms. The summed E-state index contributed by atoms with van der Waals surface area (Å²) in [4.78, 5) is 37.7. The Morgan fingerprint density at radius 1 is 1.00 bits per heavy atom. The third kappa shape index (κ3) is 4.67. The van der Waals surface area contributed by atoms with E-state index in [0.29, 0.717) is 5.52 Å². The van der Waals surface area contributed by atoms with Gasteiger partial charge in [-0.25, -0.2) is 27.5 Å². The van der Waals surface area contributed by atoms with E-state index in [-0.39, 0.29) is 44.5 Å². The smallest absolute Gasteiger partial charge is 0.242 e. The quantitative estimate of drug-likeness (QED) is 0.388. The molecule has 0 aliphatic heterocycles. The summed E-state index contributed by atoms with van der Waals surface area (Å²) in [5.74, 6) is -1.47. The van der Waals surface area contributed by atoms with Gasteiger partial charge in [0.25, 0.3) is 0 Å². The zero-order valence-corrected chi connectivity index (χ0v) is 21.1. The van der Waals surface area contributed by atoms with Crippen LogP contribution in [0.1, 0.15) is 55.3 Å². The largest absolute Gasteiger partial charge is 0.294 e. The molecule has 3 aromatic heterocycles. The first-order valence-electron chi connectivity index (χ1n) is 11.0. The fraction of sp³-hybridized carbons (Fsp3) is 0.240. The SMILES string of the molecule is CC(=O)c1cc2c(cc1F)c(C(C)=O)c(-c1ccc(S(=O)(=O)NC(C)(C)C)cn1)n2-c1ncccn1. The molecule has 11 heteroatoms. The third-order valence-electron chi connectivity index (χ3n) is 5.27. The molecule has 0 amide bonds. The zero-order chi connectivity index (χ0) is 26.4. The number of pyridine rings is 1. The van der Waals surface area contributed by atoms with Crippen LogP contribution in [0.2, 0.25) is 0 Å². The molecule has 1 aromatic carbocycles. The number of Topliss-reactive ketones (excluding diaryl/α,β-unsaturated/α-hetero) is 2. The molecule has 186 valence electrons. The summed E-state index contributed by atoms with van der Waals surface area (Å²) in [5, 5.41) is 0.250. The van der Waals surface area contributed by atoms with Gasteiger partial charge in [-0.1, -0.05) is 0 Å². The molecule has 0 unspecified atom stereocenters. The van der Waals surface area contributed by atoms with Crippen LogP contribution in [-0.2, 0) is 10.0 Å². The number of halogens is 1. The van der Waals surface area contributed by atoms with Crippen molar-refractivity contribution < 1.29 is 22.4 Å². The van der Waals surface area contributed by atoms with E-state index in [9.17, 15) is 22.4 Å². The van der Waals surface area contributed by atoms with Crippen molar-refractivity contribution in [2.24, 2.45) is 0 Å². The van der Waals surface area contributed by atoms with Crippen molar-refractivity contribution in [1.82, 2.24) is 24.2 Å². The zero-order valence-electron chi connectivity index (χ0n) is 20.3. The van der Waals surface area contributed by atoms with Gasteiger partial charge in [0.1, 0.15) is 10.7 Å². The Labute approximate surface area is 207 Å². The molecule has 9 nitrogen and oxygen atoms in total. The average molecular weight is 510 g/mol. The lowest BCUT2D eigenvalue weighted by Gasteiger charge is -2.20. The summed E-state index contributed by atoms with van der Waals surface area (Å²) < 4.78 is 44.4. The second-order valence-corrected chi connectivity index (χ2v) is 11.0. The minimum atomic E-state index is -3.85. The van der Waals surface area contributed by atoms with Gasteiger partial charge >= 0.3 is 0 Å². The predicted molar refractivity (Wildman–Crippen MR) is 132 cm³/mol. The molecule has 0 aliphatic rings. The highest BCUT2D eigenvalue weighted by molar-refractivity contribution is 7.89. The van der Waals surface area contributed by atoms with Gasteiger partial charge in [0.2, 0.25) is 16.0 Å². The van der Waals surface area contributed by atoms with Gasteiger partial charge in [0.15, 0.2) is 11.6 Å². The third-order valence-corrected chi connectivity index (χ3v) is 7.01. The number of carbonyl (C=O) groups is 2. The molecule has 0 spiro atoms. The fourth-order valence-electron chi connectivity index (χ4n) is 3.93. The van der Waals surface area contributed by atoms with E-state index in [1.807, 2.05) is 0 Å². The predicted octanol–water partition coefficient (Wildman–Crippen LogP) is 4.10. The molecule has 0 saturated heterocycles. The first-order chi connectivity index (χ1) is 16.8. The van der Waals surface area contributed by atoms with E-state index in [2.05, 4.69) is 19.7 Å². The second-order valence-electron chi connectivity index (χ2n) is 9.30. The van der Waals surface area contributed by atoms with Crippen molar-refractivity contribution in [3.8, 4) is 17.3 Å². The van der Waals surface area contributed by atoms with E-state index < -0.39 is 27.2 Å². The highest BCUT2D eigenvalue weighted by atomic mass is 32.2. The normalized spacial score (nSPS) is 12.2. The van der Waals surface area contributed by atoms with Gasteiger partial charge in [-0.3, -0.25) is 19.1 Å². The van der Waals surface area contributed by atoms with E-state index in [4.69, 9.17) is 0 Å². The maximum atomic E-state index is 14.8. The number of hydrogen-bond donors (Lipinski definition) is 1. The summed E-state index contributed by atoms with van der Waals surface area (Å²) in [6.45, 7) is 7.74. The molecular weight excluding hydrogens is 485 g/mol. The number of carbonyl (C=O) groups excluding carboxylic acids is 2. The Bertz CT molecular complexity index is 1610. The number of nitrogens with one attached hydrogen (secondary N) is 1. The van der Waals surface area contributed by atoms with Crippen molar-refractivity contribution >= 4 is 32.5 Å². The maximum absolute atomic E-state index is 14.8. The molecule has 0 fully saturated rings. The number of benzene rings is 1. The van der Waals surface area contributed by atoms with E-state index in [1.54, 1.807) is 26.8 Å². The molecule has 3 heterocycles. The van der Waals surface area contributed by atoms with Crippen LogP contribution in [0, 0.1) is 5.82 Å². The van der Waals surface area contributed by atoms with Gasteiger partial charge in [0, 0.05) is 29.5 Å². The van der Waals surface area contributed by atoms with Crippen LogP contribution >= 0.6 is 0 Å². The molecule has 4 aromatic rings. The number of hydrogen-bond acceptors (Lipinski definition) is 7. The lowest BCUT2D eigenvalue weighted by atomic mass is 10.0. The molecular formula is C25H24FN5O4S. The van der Waals surface area contributed by atoms with Crippen LogP contribution in [0.15, 0.2) is 53.8 Å². The highest BCUT2D eigenvalue weighted by Crippen LogP contribution is 2.36. The fourth-order valence-corrected chi connectivity index (χ4v) is 5.29. The van der Waals surface area contributed by atoms with E-state index in [0.717, 1.165) is 6.07 Å². The van der Waals surface area contributed by atoms with E-state index in [1.165, 1.54) is 55.2 Å². The van der Waals surface area contributed by atoms with Crippen LogP contribution in [0.4, 0.5) is 4.39 Å². The lowest BCUT2D eigenvalue weighted by molar-refractivity contribution is 0.100. The number of ketones is 2. The molecule has 0 aliphatic carbocycles. The monoisotopic (exact) mass is 509 g/mol. The first-order valence-corrected chi connectivity index (χ1v) is 12.5. The van der Waals surface area contributed by atoms with Crippen LogP contribution in [-0.4, -0.2) is 45.0 Å². The van der Waals surface area contributed by atoms with Crippen molar-refractivity contribution in [2.45, 2.75) is 45.1 Å². The van der Waals surface area contributed by atoms with Gasteiger partial charge in [-0.2, -0.15) is 0 Å². The van der Waals surface area contributed by atoms with Crippen LogP contribution in [0.5, 0.6) is 0 Å². The van der Waals surface area contributed by atoms with Crippen LogP contribution in [0.25, 0.3) is 28.2 Å². The number of aromatic nitrogens is 4. The van der Waals surface area contributed by atoms with Gasteiger partial charge in [-0.15, -0.1) is 0 Å². The highest BCUT2D eigenvalue weighted by Gasteiger charge is 2.28. The van der Waals surface area contributed by atoms with Gasteiger partial charge in [-0.05, 0) is 65.0 Å². The van der Waals surface area contributed by atoms with E-state index >= 15 is 0 Å². The minimum Gasteiger partial charge on any atom is -0.294 e. The Morgan fingerprint density at radius 2 is 1.67 bits per heavy atom. The summed E-state index contributed by atoms with van der Waals surface area (Å²) >= 11 is 0. The van der Waals surface area contributed by atoms with Crippen molar-refractivity contribution in [3.63, 3.8) is 0 Å². The average Bonchev–Trinajstić information content (AvgIpc) is 3.11. The number of nitrogens with zero attached hydrogens (tertiary/aromatic N) is 4.